The molecule has 0 spiro atoms. The zero-order valence-corrected chi connectivity index (χ0v) is 10.5. The van der Waals surface area contributed by atoms with E-state index in [0.29, 0.717) is 23.8 Å². The Hall–Kier alpha value is -0.630. The van der Waals surface area contributed by atoms with Crippen LogP contribution in [0.25, 0.3) is 0 Å². The Morgan fingerprint density at radius 2 is 2.19 bits per heavy atom. The largest absolute Gasteiger partial charge is 0.389 e. The van der Waals surface area contributed by atoms with E-state index >= 15 is 0 Å². The fourth-order valence-corrected chi connectivity index (χ4v) is 3.39. The second-order valence-corrected chi connectivity index (χ2v) is 5.80. The highest BCUT2D eigenvalue weighted by atomic mass is 16.3. The van der Waals surface area contributed by atoms with Gasteiger partial charge in [0.05, 0.1) is 6.10 Å². The van der Waals surface area contributed by atoms with Crippen molar-refractivity contribution < 1.29 is 9.90 Å². The molecule has 2 nitrogen and oxygen atoms in total. The molecular formula is C14H22O2. The zero-order chi connectivity index (χ0) is 11.9. The first-order chi connectivity index (χ1) is 7.45. The number of Topliss-reactive ketones (excluding diaryl/α,β-unsaturated/α-hetero) is 1. The highest BCUT2D eigenvalue weighted by Crippen LogP contribution is 2.51. The molecule has 2 heteroatoms. The number of allylic oxidation sites excluding steroid dienone is 1. The summed E-state index contributed by atoms with van der Waals surface area (Å²) in [5.74, 6) is 1.27. The third kappa shape index (κ3) is 1.73. The fraction of sp³-hybridized carbons (Fsp3) is 0.786. The number of aliphatic hydroxyl groups is 1. The number of hydrogen-bond donors (Lipinski definition) is 1. The molecule has 0 saturated heterocycles. The van der Waals surface area contributed by atoms with Crippen molar-refractivity contribution in [3.63, 3.8) is 0 Å². The third-order valence-corrected chi connectivity index (χ3v) is 4.80. The Morgan fingerprint density at radius 3 is 2.81 bits per heavy atom. The van der Waals surface area contributed by atoms with Gasteiger partial charge in [0.2, 0.25) is 0 Å². The molecule has 0 heterocycles. The van der Waals surface area contributed by atoms with Gasteiger partial charge in [-0.3, -0.25) is 4.79 Å². The number of rotatable bonds is 1. The van der Waals surface area contributed by atoms with Crippen LogP contribution >= 0.6 is 0 Å². The molecule has 0 radical (unpaired) electrons. The van der Waals surface area contributed by atoms with Crippen molar-refractivity contribution in [3.8, 4) is 0 Å². The van der Waals surface area contributed by atoms with Gasteiger partial charge in [-0.25, -0.2) is 0 Å². The van der Waals surface area contributed by atoms with Crippen molar-refractivity contribution in [2.75, 3.05) is 0 Å². The van der Waals surface area contributed by atoms with E-state index in [2.05, 4.69) is 19.9 Å². The van der Waals surface area contributed by atoms with Crippen LogP contribution in [0.2, 0.25) is 0 Å². The molecule has 16 heavy (non-hydrogen) atoms. The van der Waals surface area contributed by atoms with Gasteiger partial charge in [0.1, 0.15) is 0 Å². The minimum absolute atomic E-state index is 0.123. The first kappa shape index (κ1) is 11.8. The van der Waals surface area contributed by atoms with Crippen molar-refractivity contribution in [1.82, 2.24) is 0 Å². The van der Waals surface area contributed by atoms with E-state index in [9.17, 15) is 9.90 Å². The summed E-state index contributed by atoms with van der Waals surface area (Å²) in [6, 6.07) is 0. The molecule has 1 fully saturated rings. The lowest BCUT2D eigenvalue weighted by molar-refractivity contribution is -0.120. The monoisotopic (exact) mass is 222 g/mol. The molecule has 2 rings (SSSR count). The molecule has 1 N–H and O–H groups in total. The van der Waals surface area contributed by atoms with Crippen molar-refractivity contribution in [1.29, 1.82) is 0 Å². The average molecular weight is 222 g/mol. The van der Waals surface area contributed by atoms with Crippen LogP contribution in [0, 0.1) is 17.3 Å². The lowest BCUT2D eigenvalue weighted by Crippen LogP contribution is -2.42. The lowest BCUT2D eigenvalue weighted by atomic mass is 9.57. The van der Waals surface area contributed by atoms with E-state index in [-0.39, 0.29) is 11.2 Å². The fourth-order valence-electron chi connectivity index (χ4n) is 3.39. The molecule has 0 aliphatic heterocycles. The third-order valence-electron chi connectivity index (χ3n) is 4.80. The lowest BCUT2D eigenvalue weighted by Gasteiger charge is -2.47. The van der Waals surface area contributed by atoms with Gasteiger partial charge in [-0.2, -0.15) is 0 Å². The summed E-state index contributed by atoms with van der Waals surface area (Å²) >= 11 is 0. The summed E-state index contributed by atoms with van der Waals surface area (Å²) in [6.07, 6.45) is 5.75. The van der Waals surface area contributed by atoms with Gasteiger partial charge in [0.15, 0.2) is 5.78 Å². The van der Waals surface area contributed by atoms with Gasteiger partial charge >= 0.3 is 0 Å². The van der Waals surface area contributed by atoms with Crippen molar-refractivity contribution >= 4 is 5.78 Å². The molecule has 0 aromatic heterocycles. The zero-order valence-electron chi connectivity index (χ0n) is 10.5. The van der Waals surface area contributed by atoms with Crippen molar-refractivity contribution in [3.05, 3.63) is 11.6 Å². The minimum atomic E-state index is -0.612. The highest BCUT2D eigenvalue weighted by Gasteiger charge is 2.44. The van der Waals surface area contributed by atoms with Crippen molar-refractivity contribution in [2.45, 2.75) is 52.6 Å². The van der Waals surface area contributed by atoms with E-state index in [1.54, 1.807) is 6.92 Å². The summed E-state index contributed by atoms with van der Waals surface area (Å²) in [7, 11) is 0. The molecule has 1 saturated carbocycles. The number of carbonyl (C=O) groups excluding carboxylic acids is 1. The molecule has 90 valence electrons. The van der Waals surface area contributed by atoms with Crippen LogP contribution < -0.4 is 0 Å². The predicted molar refractivity (Wildman–Crippen MR) is 64.0 cm³/mol. The maximum atomic E-state index is 11.9. The van der Waals surface area contributed by atoms with Crippen LogP contribution in [-0.4, -0.2) is 17.0 Å². The molecule has 0 unspecified atom stereocenters. The topological polar surface area (TPSA) is 37.3 Å². The number of carbonyl (C=O) groups is 1. The Kier molecular flexibility index (Phi) is 2.95. The smallest absolute Gasteiger partial charge is 0.161 e. The summed E-state index contributed by atoms with van der Waals surface area (Å²) < 4.78 is 0. The Bertz CT molecular complexity index is 330. The molecule has 2 aliphatic carbocycles. The van der Waals surface area contributed by atoms with Gasteiger partial charge in [0.25, 0.3) is 0 Å². The van der Waals surface area contributed by atoms with E-state index in [0.717, 1.165) is 6.42 Å². The van der Waals surface area contributed by atoms with Crippen LogP contribution in [0.5, 0.6) is 0 Å². The SMILES string of the molecule is C[C@@H](O)C1=C[C@@]2(C)[C@H](CCC[C@@H]2C)CC1=O. The number of aliphatic hydroxyl groups excluding tert-OH is 1. The van der Waals surface area contributed by atoms with Crippen LogP contribution in [0.3, 0.4) is 0 Å². The molecular weight excluding hydrogens is 200 g/mol. The molecule has 0 aromatic rings. The first-order valence-corrected chi connectivity index (χ1v) is 6.39. The Labute approximate surface area is 97.7 Å². The maximum Gasteiger partial charge on any atom is 0.161 e. The summed E-state index contributed by atoms with van der Waals surface area (Å²) in [6.45, 7) is 6.23. The highest BCUT2D eigenvalue weighted by molar-refractivity contribution is 5.97. The summed E-state index contributed by atoms with van der Waals surface area (Å²) in [5, 5.41) is 9.65. The van der Waals surface area contributed by atoms with E-state index < -0.39 is 6.10 Å². The van der Waals surface area contributed by atoms with Gasteiger partial charge < -0.3 is 5.11 Å². The molecule has 2 aliphatic rings. The first-order valence-electron chi connectivity index (χ1n) is 6.39. The van der Waals surface area contributed by atoms with Gasteiger partial charge in [0, 0.05) is 12.0 Å². The second-order valence-electron chi connectivity index (χ2n) is 5.80. The number of fused-ring (bicyclic) bond motifs is 1. The summed E-state index contributed by atoms with van der Waals surface area (Å²) in [4.78, 5) is 11.9. The summed E-state index contributed by atoms with van der Waals surface area (Å²) in [5.41, 5.74) is 0.769. The molecule has 0 amide bonds. The van der Waals surface area contributed by atoms with E-state index in [4.69, 9.17) is 0 Å². The Morgan fingerprint density at radius 1 is 1.50 bits per heavy atom. The normalized spacial score (nSPS) is 41.2. The standard InChI is InChI=1S/C14H22O2/c1-9-5-4-6-11-7-13(16)12(10(2)15)8-14(9,11)3/h8-11,15H,4-7H2,1-3H3/t9-,10+,11+,14+/m0/s1. The average Bonchev–Trinajstić information content (AvgIpc) is 2.20. The number of ketones is 1. The Balaban J connectivity index is 2.38. The molecule has 0 aromatic carbocycles. The van der Waals surface area contributed by atoms with Gasteiger partial charge in [-0.05, 0) is 37.0 Å². The maximum absolute atomic E-state index is 11.9. The van der Waals surface area contributed by atoms with Crippen molar-refractivity contribution in [2.24, 2.45) is 17.3 Å². The van der Waals surface area contributed by atoms with Gasteiger partial charge in [-0.1, -0.05) is 26.3 Å². The quantitative estimate of drug-likeness (QED) is 0.740. The molecule has 0 bridgehead atoms. The van der Waals surface area contributed by atoms with Crippen LogP contribution in [0.15, 0.2) is 11.6 Å². The predicted octanol–water partition coefficient (Wildman–Crippen LogP) is 2.71. The van der Waals surface area contributed by atoms with Crippen LogP contribution in [0.1, 0.15) is 46.5 Å². The number of hydrogen-bond acceptors (Lipinski definition) is 2. The van der Waals surface area contributed by atoms with E-state index in [1.807, 2.05) is 0 Å². The molecule has 4 atom stereocenters. The second kappa shape index (κ2) is 3.99. The van der Waals surface area contributed by atoms with Crippen LogP contribution in [0.4, 0.5) is 0 Å². The van der Waals surface area contributed by atoms with E-state index in [1.165, 1.54) is 12.8 Å². The minimum Gasteiger partial charge on any atom is -0.389 e. The van der Waals surface area contributed by atoms with Crippen LogP contribution in [-0.2, 0) is 4.79 Å². The van der Waals surface area contributed by atoms with Gasteiger partial charge in [-0.15, -0.1) is 0 Å².